The number of hydrogen-bond acceptors (Lipinski definition) is 2. The summed E-state index contributed by atoms with van der Waals surface area (Å²) in [6.45, 7) is 3.00. The van der Waals surface area contributed by atoms with E-state index in [1.807, 2.05) is 0 Å². The molecule has 0 aromatic heterocycles. The topological polar surface area (TPSA) is 41.1 Å². The molecule has 1 saturated heterocycles. The number of halogens is 4. The molecule has 1 unspecified atom stereocenters. The van der Waals surface area contributed by atoms with Crippen LogP contribution in [0, 0.1) is 5.41 Å². The van der Waals surface area contributed by atoms with Crippen molar-refractivity contribution in [3.05, 3.63) is 28.8 Å². The van der Waals surface area contributed by atoms with Crippen molar-refractivity contribution in [1.29, 1.82) is 0 Å². The third-order valence-electron chi connectivity index (χ3n) is 3.40. The number of rotatable bonds is 2. The molecule has 1 amide bonds. The van der Waals surface area contributed by atoms with Gasteiger partial charge in [0.1, 0.15) is 0 Å². The van der Waals surface area contributed by atoms with Crippen molar-refractivity contribution in [3.8, 4) is 0 Å². The van der Waals surface area contributed by atoms with Crippen LogP contribution in [-0.4, -0.2) is 19.0 Å². The molecule has 3 nitrogen and oxygen atoms in total. The molecule has 0 bridgehead atoms. The van der Waals surface area contributed by atoms with Crippen molar-refractivity contribution in [1.82, 2.24) is 5.32 Å². The van der Waals surface area contributed by atoms with E-state index >= 15 is 0 Å². The molecule has 1 aliphatic rings. The molecule has 0 radical (unpaired) electrons. The maximum atomic E-state index is 12.7. The van der Waals surface area contributed by atoms with Crippen LogP contribution < -0.4 is 10.6 Å². The number of nitrogens with one attached hydrogen (secondary N) is 2. The lowest BCUT2D eigenvalue weighted by molar-refractivity contribution is -0.137. The Labute approximate surface area is 119 Å². The summed E-state index contributed by atoms with van der Waals surface area (Å²) < 4.78 is 38.0. The van der Waals surface area contributed by atoms with Crippen LogP contribution in [0.15, 0.2) is 18.2 Å². The van der Waals surface area contributed by atoms with E-state index < -0.39 is 17.2 Å². The van der Waals surface area contributed by atoms with Gasteiger partial charge in [-0.05, 0) is 38.1 Å². The molecular formula is C13H14ClF3N2O. The van der Waals surface area contributed by atoms with Crippen LogP contribution in [0.4, 0.5) is 18.9 Å². The third kappa shape index (κ3) is 3.24. The van der Waals surface area contributed by atoms with Gasteiger partial charge in [-0.1, -0.05) is 11.6 Å². The van der Waals surface area contributed by atoms with Gasteiger partial charge < -0.3 is 10.6 Å². The zero-order valence-electron chi connectivity index (χ0n) is 10.8. The Balaban J connectivity index is 2.21. The first-order chi connectivity index (χ1) is 9.21. The zero-order chi connectivity index (χ0) is 15.0. The molecule has 0 aliphatic carbocycles. The number of hydrogen-bond donors (Lipinski definition) is 2. The summed E-state index contributed by atoms with van der Waals surface area (Å²) in [6.07, 6.45) is -3.85. The lowest BCUT2D eigenvalue weighted by Gasteiger charge is -2.22. The van der Waals surface area contributed by atoms with Gasteiger partial charge in [-0.2, -0.15) is 13.2 Å². The fourth-order valence-corrected chi connectivity index (χ4v) is 2.35. The molecule has 110 valence electrons. The Bertz CT molecular complexity index is 525. The van der Waals surface area contributed by atoms with E-state index in [1.54, 1.807) is 6.92 Å². The van der Waals surface area contributed by atoms with Gasteiger partial charge in [0.2, 0.25) is 5.91 Å². The summed E-state index contributed by atoms with van der Waals surface area (Å²) in [5.74, 6) is -0.308. The van der Waals surface area contributed by atoms with Crippen molar-refractivity contribution in [2.75, 3.05) is 18.4 Å². The highest BCUT2D eigenvalue weighted by atomic mass is 35.5. The smallest absolute Gasteiger partial charge is 0.326 e. The molecular weight excluding hydrogens is 293 g/mol. The standard InChI is InChI=1S/C13H14ClF3N2O/c1-12(2-3-18-7-12)11(20)19-10-5-8(13(15,16)17)4-9(14)6-10/h4-6,18H,2-3,7H2,1H3,(H,19,20). The Kier molecular flexibility index (Phi) is 3.97. The number of carbonyl (C=O) groups is 1. The second kappa shape index (κ2) is 5.26. The quantitative estimate of drug-likeness (QED) is 0.880. The normalized spacial score (nSPS) is 22.9. The van der Waals surface area contributed by atoms with Crippen LogP contribution in [0.1, 0.15) is 18.9 Å². The molecule has 1 heterocycles. The summed E-state index contributed by atoms with van der Waals surface area (Å²) in [7, 11) is 0. The van der Waals surface area contributed by atoms with E-state index in [-0.39, 0.29) is 16.6 Å². The Morgan fingerprint density at radius 2 is 2.10 bits per heavy atom. The second-order valence-electron chi connectivity index (χ2n) is 5.17. The van der Waals surface area contributed by atoms with E-state index in [2.05, 4.69) is 10.6 Å². The predicted molar refractivity (Wildman–Crippen MR) is 70.7 cm³/mol. The molecule has 2 rings (SSSR count). The Morgan fingerprint density at radius 3 is 2.65 bits per heavy atom. The van der Waals surface area contributed by atoms with Gasteiger partial charge in [0.25, 0.3) is 0 Å². The first kappa shape index (κ1) is 15.1. The molecule has 1 fully saturated rings. The SMILES string of the molecule is CC1(C(=O)Nc2cc(Cl)cc(C(F)(F)F)c2)CCNC1. The minimum atomic E-state index is -4.50. The van der Waals surface area contributed by atoms with Crippen LogP contribution in [0.3, 0.4) is 0 Å². The lowest BCUT2D eigenvalue weighted by Crippen LogP contribution is -2.35. The fourth-order valence-electron chi connectivity index (χ4n) is 2.12. The fraction of sp³-hybridized carbons (Fsp3) is 0.462. The van der Waals surface area contributed by atoms with Crippen LogP contribution >= 0.6 is 11.6 Å². The van der Waals surface area contributed by atoms with Crippen molar-refractivity contribution < 1.29 is 18.0 Å². The first-order valence-corrected chi connectivity index (χ1v) is 6.48. The maximum Gasteiger partial charge on any atom is 0.416 e. The van der Waals surface area contributed by atoms with Gasteiger partial charge in [0, 0.05) is 17.3 Å². The molecule has 1 aliphatic heterocycles. The van der Waals surface area contributed by atoms with Gasteiger partial charge in [0.15, 0.2) is 0 Å². The average Bonchev–Trinajstić information content (AvgIpc) is 2.75. The van der Waals surface area contributed by atoms with Crippen LogP contribution in [0.2, 0.25) is 5.02 Å². The molecule has 20 heavy (non-hydrogen) atoms. The van der Waals surface area contributed by atoms with E-state index in [1.165, 1.54) is 6.07 Å². The van der Waals surface area contributed by atoms with Gasteiger partial charge in [-0.15, -0.1) is 0 Å². The summed E-state index contributed by atoms with van der Waals surface area (Å²) in [6, 6.07) is 3.02. The van der Waals surface area contributed by atoms with E-state index in [4.69, 9.17) is 11.6 Å². The molecule has 1 aromatic carbocycles. The number of carbonyl (C=O) groups excluding carboxylic acids is 1. The zero-order valence-corrected chi connectivity index (χ0v) is 11.5. The Morgan fingerprint density at radius 1 is 1.40 bits per heavy atom. The van der Waals surface area contributed by atoms with Crippen LogP contribution in [0.5, 0.6) is 0 Å². The number of amides is 1. The van der Waals surface area contributed by atoms with Crippen molar-refractivity contribution in [2.24, 2.45) is 5.41 Å². The summed E-state index contributed by atoms with van der Waals surface area (Å²) in [5, 5.41) is 5.51. The largest absolute Gasteiger partial charge is 0.416 e. The highest BCUT2D eigenvalue weighted by Gasteiger charge is 2.37. The molecule has 0 spiro atoms. The summed E-state index contributed by atoms with van der Waals surface area (Å²) in [5.41, 5.74) is -1.43. The second-order valence-corrected chi connectivity index (χ2v) is 5.60. The minimum Gasteiger partial charge on any atom is -0.326 e. The lowest BCUT2D eigenvalue weighted by atomic mass is 9.88. The van der Waals surface area contributed by atoms with E-state index in [0.717, 1.165) is 12.1 Å². The number of alkyl halides is 3. The van der Waals surface area contributed by atoms with Gasteiger partial charge >= 0.3 is 6.18 Å². The number of anilines is 1. The number of benzene rings is 1. The first-order valence-electron chi connectivity index (χ1n) is 6.11. The monoisotopic (exact) mass is 306 g/mol. The molecule has 7 heteroatoms. The van der Waals surface area contributed by atoms with Gasteiger partial charge in [0.05, 0.1) is 11.0 Å². The van der Waals surface area contributed by atoms with Crippen LogP contribution in [0.25, 0.3) is 0 Å². The van der Waals surface area contributed by atoms with E-state index in [0.29, 0.717) is 19.5 Å². The van der Waals surface area contributed by atoms with E-state index in [9.17, 15) is 18.0 Å². The summed E-state index contributed by atoms with van der Waals surface area (Å²) >= 11 is 5.67. The Hall–Kier alpha value is -1.27. The van der Waals surface area contributed by atoms with Crippen molar-refractivity contribution in [2.45, 2.75) is 19.5 Å². The third-order valence-corrected chi connectivity index (χ3v) is 3.62. The predicted octanol–water partition coefficient (Wildman–Crippen LogP) is 3.30. The highest BCUT2D eigenvalue weighted by Crippen LogP contribution is 2.34. The summed E-state index contributed by atoms with van der Waals surface area (Å²) in [4.78, 5) is 12.1. The van der Waals surface area contributed by atoms with Crippen LogP contribution in [-0.2, 0) is 11.0 Å². The maximum absolute atomic E-state index is 12.7. The molecule has 0 saturated carbocycles. The van der Waals surface area contributed by atoms with Gasteiger partial charge in [-0.25, -0.2) is 0 Å². The molecule has 2 N–H and O–H groups in total. The molecule has 1 atom stereocenters. The van der Waals surface area contributed by atoms with Crippen molar-refractivity contribution >= 4 is 23.2 Å². The molecule has 1 aromatic rings. The van der Waals surface area contributed by atoms with Crippen molar-refractivity contribution in [3.63, 3.8) is 0 Å². The minimum absolute atomic E-state index is 0.0583. The highest BCUT2D eigenvalue weighted by molar-refractivity contribution is 6.31. The van der Waals surface area contributed by atoms with Gasteiger partial charge in [-0.3, -0.25) is 4.79 Å². The average molecular weight is 307 g/mol.